The molecule has 2 heteroatoms. The van der Waals surface area contributed by atoms with Crippen LogP contribution in [0.5, 0.6) is 5.75 Å². The number of hydrogen-bond acceptors (Lipinski definition) is 2. The average molecular weight is 175 g/mol. The van der Waals surface area contributed by atoms with Crippen LogP contribution in [-0.4, -0.2) is 14.2 Å². The van der Waals surface area contributed by atoms with Gasteiger partial charge in [0.25, 0.3) is 0 Å². The molecule has 1 radical (unpaired) electrons. The fourth-order valence-electron chi connectivity index (χ4n) is 1.58. The summed E-state index contributed by atoms with van der Waals surface area (Å²) in [6.07, 6.45) is 4.10. The highest BCUT2D eigenvalue weighted by molar-refractivity contribution is 5.67. The van der Waals surface area contributed by atoms with Gasteiger partial charge in [-0.2, -0.15) is 0 Å². The molecule has 67 valence electrons. The van der Waals surface area contributed by atoms with Crippen molar-refractivity contribution in [3.8, 4) is 5.75 Å². The van der Waals surface area contributed by atoms with E-state index in [2.05, 4.69) is 6.07 Å². The van der Waals surface area contributed by atoms with E-state index in [9.17, 15) is 0 Å². The molecule has 0 heterocycles. The first-order valence-electron chi connectivity index (χ1n) is 4.16. The summed E-state index contributed by atoms with van der Waals surface area (Å²) in [5, 5.41) is 0. The van der Waals surface area contributed by atoms with Crippen LogP contribution in [0.15, 0.2) is 18.2 Å². The van der Waals surface area contributed by atoms with Crippen LogP contribution in [0.2, 0.25) is 0 Å². The van der Waals surface area contributed by atoms with Gasteiger partial charge in [-0.3, -0.25) is 0 Å². The molecule has 1 aliphatic carbocycles. The second kappa shape index (κ2) is 3.23. The van der Waals surface area contributed by atoms with E-state index in [1.54, 1.807) is 14.2 Å². The average Bonchev–Trinajstić information content (AvgIpc) is 2.60. The number of rotatable bonds is 2. The van der Waals surface area contributed by atoms with Gasteiger partial charge in [0.2, 0.25) is 0 Å². The van der Waals surface area contributed by atoms with Gasteiger partial charge in [-0.1, -0.05) is 12.2 Å². The molecule has 0 bridgehead atoms. The van der Waals surface area contributed by atoms with Crippen molar-refractivity contribution in [2.24, 2.45) is 0 Å². The molecule has 0 aromatic heterocycles. The largest absolute Gasteiger partial charge is 0.496 e. The highest BCUT2D eigenvalue weighted by Gasteiger charge is 2.18. The smallest absolute Gasteiger partial charge is 0.127 e. The minimum atomic E-state index is 0.0568. The van der Waals surface area contributed by atoms with Gasteiger partial charge in [0, 0.05) is 12.7 Å². The maximum Gasteiger partial charge on any atom is 0.127 e. The van der Waals surface area contributed by atoms with Gasteiger partial charge in [-0.05, 0) is 23.8 Å². The number of benzene rings is 1. The first-order chi connectivity index (χ1) is 6.36. The maximum absolute atomic E-state index is 5.27. The lowest BCUT2D eigenvalue weighted by molar-refractivity contribution is 0.145. The number of methoxy groups -OCH3 is 2. The van der Waals surface area contributed by atoms with E-state index >= 15 is 0 Å². The Morgan fingerprint density at radius 1 is 1.31 bits per heavy atom. The standard InChI is InChI=1S/C11H11O2/c1-12-10-5-3-4-8-9(10)6-7-11(8)13-2/h4-7,11H,1-2H3. The van der Waals surface area contributed by atoms with Crippen LogP contribution in [0.3, 0.4) is 0 Å². The van der Waals surface area contributed by atoms with E-state index in [0.29, 0.717) is 0 Å². The number of ether oxygens (including phenoxy) is 2. The zero-order valence-corrected chi connectivity index (χ0v) is 7.70. The second-order valence-corrected chi connectivity index (χ2v) is 2.91. The maximum atomic E-state index is 5.27. The van der Waals surface area contributed by atoms with Gasteiger partial charge < -0.3 is 9.47 Å². The summed E-state index contributed by atoms with van der Waals surface area (Å²) in [6.45, 7) is 0. The third kappa shape index (κ3) is 1.23. The van der Waals surface area contributed by atoms with Crippen molar-refractivity contribution in [1.82, 2.24) is 0 Å². The molecule has 1 atom stereocenters. The Balaban J connectivity index is 2.48. The van der Waals surface area contributed by atoms with Crippen LogP contribution in [0.25, 0.3) is 6.08 Å². The quantitative estimate of drug-likeness (QED) is 0.686. The van der Waals surface area contributed by atoms with Crippen LogP contribution < -0.4 is 4.74 Å². The number of hydrogen-bond donors (Lipinski definition) is 0. The molecule has 0 fully saturated rings. The summed E-state index contributed by atoms with van der Waals surface area (Å²) < 4.78 is 10.5. The van der Waals surface area contributed by atoms with Crippen LogP contribution >= 0.6 is 0 Å². The van der Waals surface area contributed by atoms with Crippen molar-refractivity contribution in [2.75, 3.05) is 14.2 Å². The zero-order chi connectivity index (χ0) is 9.26. The summed E-state index contributed by atoms with van der Waals surface area (Å²) >= 11 is 0. The fraction of sp³-hybridized carbons (Fsp3) is 0.273. The van der Waals surface area contributed by atoms with Crippen molar-refractivity contribution < 1.29 is 9.47 Å². The summed E-state index contributed by atoms with van der Waals surface area (Å²) in [4.78, 5) is 0. The van der Waals surface area contributed by atoms with Crippen molar-refractivity contribution in [2.45, 2.75) is 6.10 Å². The monoisotopic (exact) mass is 175 g/mol. The van der Waals surface area contributed by atoms with Crippen LogP contribution in [0, 0.1) is 6.07 Å². The Bertz CT molecular complexity index is 342. The zero-order valence-electron chi connectivity index (χ0n) is 7.70. The van der Waals surface area contributed by atoms with Gasteiger partial charge in [0.05, 0.1) is 7.11 Å². The van der Waals surface area contributed by atoms with E-state index in [4.69, 9.17) is 9.47 Å². The van der Waals surface area contributed by atoms with Gasteiger partial charge >= 0.3 is 0 Å². The molecule has 1 unspecified atom stereocenters. The van der Waals surface area contributed by atoms with E-state index in [-0.39, 0.29) is 6.10 Å². The molecule has 1 aromatic carbocycles. The van der Waals surface area contributed by atoms with Crippen LogP contribution in [0.1, 0.15) is 17.2 Å². The van der Waals surface area contributed by atoms with Gasteiger partial charge in [0.1, 0.15) is 11.9 Å². The molecule has 2 rings (SSSR count). The molecule has 1 aliphatic rings. The molecular weight excluding hydrogens is 164 g/mol. The highest BCUT2D eigenvalue weighted by atomic mass is 16.5. The van der Waals surface area contributed by atoms with Crippen molar-refractivity contribution in [3.63, 3.8) is 0 Å². The summed E-state index contributed by atoms with van der Waals surface area (Å²) in [7, 11) is 3.36. The Labute approximate surface area is 77.8 Å². The van der Waals surface area contributed by atoms with Gasteiger partial charge in [-0.25, -0.2) is 0 Å². The Morgan fingerprint density at radius 2 is 2.15 bits per heavy atom. The van der Waals surface area contributed by atoms with Crippen molar-refractivity contribution in [3.05, 3.63) is 35.4 Å². The van der Waals surface area contributed by atoms with Crippen molar-refractivity contribution in [1.29, 1.82) is 0 Å². The highest BCUT2D eigenvalue weighted by Crippen LogP contribution is 2.35. The minimum absolute atomic E-state index is 0.0568. The molecule has 0 saturated heterocycles. The lowest BCUT2D eigenvalue weighted by Gasteiger charge is -2.10. The molecule has 0 saturated carbocycles. The predicted octanol–water partition coefficient (Wildman–Crippen LogP) is 2.21. The molecule has 2 nitrogen and oxygen atoms in total. The van der Waals surface area contributed by atoms with E-state index in [1.165, 1.54) is 0 Å². The molecule has 13 heavy (non-hydrogen) atoms. The summed E-state index contributed by atoms with van der Waals surface area (Å²) in [5.41, 5.74) is 2.23. The fourth-order valence-corrected chi connectivity index (χ4v) is 1.58. The SMILES string of the molecule is COc1c[c]cc2c1C=CC2OC. The van der Waals surface area contributed by atoms with Crippen molar-refractivity contribution >= 4 is 6.08 Å². The van der Waals surface area contributed by atoms with Gasteiger partial charge in [-0.15, -0.1) is 0 Å². The normalized spacial score (nSPS) is 18.8. The van der Waals surface area contributed by atoms with Crippen LogP contribution in [-0.2, 0) is 4.74 Å². The molecular formula is C11H11O2. The second-order valence-electron chi connectivity index (χ2n) is 2.91. The van der Waals surface area contributed by atoms with E-state index in [0.717, 1.165) is 16.9 Å². The molecule has 0 aliphatic heterocycles. The first-order valence-corrected chi connectivity index (χ1v) is 4.16. The Kier molecular flexibility index (Phi) is 2.07. The third-order valence-corrected chi connectivity index (χ3v) is 2.25. The molecule has 0 N–H and O–H groups in total. The Hall–Kier alpha value is -1.28. The molecule has 1 aromatic rings. The minimum Gasteiger partial charge on any atom is -0.496 e. The summed E-state index contributed by atoms with van der Waals surface area (Å²) in [6, 6.07) is 6.80. The number of fused-ring (bicyclic) bond motifs is 1. The molecule has 0 amide bonds. The van der Waals surface area contributed by atoms with E-state index < -0.39 is 0 Å². The van der Waals surface area contributed by atoms with E-state index in [1.807, 2.05) is 24.3 Å². The predicted molar refractivity (Wildman–Crippen MR) is 50.6 cm³/mol. The van der Waals surface area contributed by atoms with Gasteiger partial charge in [0.15, 0.2) is 0 Å². The topological polar surface area (TPSA) is 18.5 Å². The first kappa shape index (κ1) is 8.32. The third-order valence-electron chi connectivity index (χ3n) is 2.25. The summed E-state index contributed by atoms with van der Waals surface area (Å²) in [5.74, 6) is 0.855. The molecule has 0 spiro atoms. The lowest BCUT2D eigenvalue weighted by Crippen LogP contribution is -1.96. The lowest BCUT2D eigenvalue weighted by atomic mass is 10.1. The van der Waals surface area contributed by atoms with Crippen LogP contribution in [0.4, 0.5) is 0 Å². The Morgan fingerprint density at radius 3 is 2.85 bits per heavy atom.